The summed E-state index contributed by atoms with van der Waals surface area (Å²) in [6, 6.07) is 1.95. The molecule has 1 N–H and O–H groups in total. The Morgan fingerprint density at radius 1 is 1.21 bits per heavy atom. The molecular formula is C27H28O10S. The number of epoxide rings is 1. The van der Waals surface area contributed by atoms with E-state index in [-0.39, 0.29) is 24.7 Å². The fourth-order valence-corrected chi connectivity index (χ4v) is 7.38. The van der Waals surface area contributed by atoms with E-state index < -0.39 is 35.7 Å². The smallest absolute Gasteiger partial charge is 0.277 e. The number of hydrogen-bond donors (Lipinski definition) is 2. The number of rotatable bonds is 5. The van der Waals surface area contributed by atoms with Crippen LogP contribution in [0.2, 0.25) is 0 Å². The third kappa shape index (κ3) is 2.55. The van der Waals surface area contributed by atoms with E-state index in [0.717, 1.165) is 11.1 Å². The van der Waals surface area contributed by atoms with Crippen LogP contribution in [0.25, 0.3) is 10.8 Å². The lowest BCUT2D eigenvalue weighted by atomic mass is 9.78. The van der Waals surface area contributed by atoms with Crippen molar-refractivity contribution in [2.45, 2.75) is 61.9 Å². The highest BCUT2D eigenvalue weighted by atomic mass is 32.1. The Labute approximate surface area is 223 Å². The molecule has 0 amide bonds. The van der Waals surface area contributed by atoms with Crippen molar-refractivity contribution in [1.29, 1.82) is 0 Å². The molecule has 2 aromatic carbocycles. The number of ether oxygens (including phenoxy) is 8. The molecule has 0 aromatic heterocycles. The second-order valence-electron chi connectivity index (χ2n) is 10.6. The summed E-state index contributed by atoms with van der Waals surface area (Å²) in [6.45, 7) is 3.27. The topological polar surface area (TPSA) is 114 Å². The van der Waals surface area contributed by atoms with Crippen LogP contribution in [0.3, 0.4) is 0 Å². The van der Waals surface area contributed by atoms with Crippen LogP contribution in [-0.2, 0) is 34.8 Å². The Balaban J connectivity index is 1.41. The van der Waals surface area contributed by atoms with Crippen molar-refractivity contribution < 1.29 is 47.8 Å². The summed E-state index contributed by atoms with van der Waals surface area (Å²) < 4.78 is 50.4. The van der Waals surface area contributed by atoms with Crippen LogP contribution in [0.1, 0.15) is 46.0 Å². The Morgan fingerprint density at radius 3 is 2.71 bits per heavy atom. The van der Waals surface area contributed by atoms with Gasteiger partial charge in [-0.25, -0.2) is 0 Å². The van der Waals surface area contributed by atoms with Gasteiger partial charge in [0, 0.05) is 28.7 Å². The van der Waals surface area contributed by atoms with E-state index in [1.54, 1.807) is 7.11 Å². The van der Waals surface area contributed by atoms with Gasteiger partial charge in [-0.1, -0.05) is 0 Å². The van der Waals surface area contributed by atoms with E-state index in [2.05, 4.69) is 12.6 Å². The van der Waals surface area contributed by atoms with E-state index in [1.165, 1.54) is 0 Å². The Morgan fingerprint density at radius 2 is 2.00 bits per heavy atom. The lowest BCUT2D eigenvalue weighted by Gasteiger charge is -2.49. The van der Waals surface area contributed by atoms with Crippen molar-refractivity contribution in [3.8, 4) is 17.2 Å². The zero-order valence-corrected chi connectivity index (χ0v) is 21.9. The number of thiol groups is 1. The molecule has 202 valence electrons. The van der Waals surface area contributed by atoms with Crippen molar-refractivity contribution in [3.63, 3.8) is 0 Å². The number of carbonyl (C=O) groups is 1. The first-order valence-corrected chi connectivity index (χ1v) is 13.6. The Hall–Kier alpha value is -2.12. The number of hydrogen-bond acceptors (Lipinski definition) is 11. The van der Waals surface area contributed by atoms with Crippen LogP contribution in [0.5, 0.6) is 17.2 Å². The summed E-state index contributed by atoms with van der Waals surface area (Å²) in [4.78, 5) is 13.0. The maximum absolute atomic E-state index is 13.0. The second-order valence-corrected chi connectivity index (χ2v) is 11.1. The van der Waals surface area contributed by atoms with Gasteiger partial charge in [-0.2, -0.15) is 12.6 Å². The SMILES string of the molecule is COc1c2c(c(O)c3c4c(c(C)cc13)[C@H]1OC3(C5OCCO5)OC1C(OCCS)(O4)C31CO1)C(=O)CCC2. The van der Waals surface area contributed by atoms with Crippen LogP contribution in [0, 0.1) is 6.92 Å². The van der Waals surface area contributed by atoms with Gasteiger partial charge < -0.3 is 43.0 Å². The zero-order valence-electron chi connectivity index (χ0n) is 21.0. The first-order chi connectivity index (χ1) is 18.4. The molecule has 38 heavy (non-hydrogen) atoms. The molecule has 4 fully saturated rings. The van der Waals surface area contributed by atoms with Crippen molar-refractivity contribution in [3.05, 3.63) is 28.3 Å². The normalized spacial score (nSPS) is 36.6. The largest absolute Gasteiger partial charge is 0.506 e. The molecule has 5 atom stereocenters. The number of phenolic OH excluding ortho intramolecular Hbond substituents is 1. The third-order valence-corrected chi connectivity index (χ3v) is 9.01. The van der Waals surface area contributed by atoms with E-state index in [1.807, 2.05) is 13.0 Å². The monoisotopic (exact) mass is 544 g/mol. The highest BCUT2D eigenvalue weighted by molar-refractivity contribution is 7.80. The number of methoxy groups -OCH3 is 1. The third-order valence-electron chi connectivity index (χ3n) is 8.82. The average molecular weight is 545 g/mol. The maximum Gasteiger partial charge on any atom is 0.277 e. The fourth-order valence-electron chi connectivity index (χ4n) is 7.29. The minimum absolute atomic E-state index is 0.114. The molecule has 4 unspecified atom stereocenters. The number of benzene rings is 2. The number of Topliss-reactive ketones (excluding diaryl/α,β-unsaturated/α-hetero) is 1. The number of carbonyl (C=O) groups excluding carboxylic acids is 1. The molecule has 1 aliphatic carbocycles. The minimum atomic E-state index is -1.42. The summed E-state index contributed by atoms with van der Waals surface area (Å²) >= 11 is 4.37. The van der Waals surface area contributed by atoms with Gasteiger partial charge in [-0.05, 0) is 31.4 Å². The first-order valence-electron chi connectivity index (χ1n) is 13.0. The predicted octanol–water partition coefficient (Wildman–Crippen LogP) is 2.72. The highest BCUT2D eigenvalue weighted by Crippen LogP contribution is 2.72. The van der Waals surface area contributed by atoms with Crippen molar-refractivity contribution in [2.75, 3.05) is 39.3 Å². The van der Waals surface area contributed by atoms with Crippen LogP contribution in [-0.4, -0.2) is 79.7 Å². The summed E-state index contributed by atoms with van der Waals surface area (Å²) in [6.07, 6.45) is -0.421. The van der Waals surface area contributed by atoms with Crippen LogP contribution in [0.15, 0.2) is 6.07 Å². The van der Waals surface area contributed by atoms with E-state index in [4.69, 9.17) is 37.9 Å². The van der Waals surface area contributed by atoms with Gasteiger partial charge in [-0.3, -0.25) is 4.79 Å². The maximum atomic E-state index is 13.0. The molecule has 11 heteroatoms. The van der Waals surface area contributed by atoms with E-state index in [0.29, 0.717) is 71.6 Å². The van der Waals surface area contributed by atoms with Gasteiger partial charge in [0.05, 0.1) is 44.5 Å². The quantitative estimate of drug-likeness (QED) is 0.430. The molecule has 0 saturated carbocycles. The van der Waals surface area contributed by atoms with Crippen molar-refractivity contribution >= 4 is 29.2 Å². The summed E-state index contributed by atoms with van der Waals surface area (Å²) in [7, 11) is 1.58. The predicted molar refractivity (Wildman–Crippen MR) is 133 cm³/mol. The average Bonchev–Trinajstić information content (AvgIpc) is 3.26. The van der Waals surface area contributed by atoms with E-state index in [9.17, 15) is 9.90 Å². The number of fused-ring (bicyclic) bond motifs is 8. The van der Waals surface area contributed by atoms with Crippen LogP contribution >= 0.6 is 12.6 Å². The first kappa shape index (κ1) is 23.7. The molecule has 6 aliphatic rings. The van der Waals surface area contributed by atoms with Crippen molar-refractivity contribution in [2.24, 2.45) is 0 Å². The molecule has 5 heterocycles. The van der Waals surface area contributed by atoms with Gasteiger partial charge >= 0.3 is 0 Å². The second kappa shape index (κ2) is 7.75. The molecular weight excluding hydrogens is 516 g/mol. The lowest BCUT2D eigenvalue weighted by molar-refractivity contribution is -0.339. The Bertz CT molecular complexity index is 1400. The van der Waals surface area contributed by atoms with Gasteiger partial charge in [0.25, 0.3) is 11.6 Å². The van der Waals surface area contributed by atoms with Gasteiger partial charge in [0.15, 0.2) is 11.9 Å². The van der Waals surface area contributed by atoms with Crippen molar-refractivity contribution in [1.82, 2.24) is 0 Å². The minimum Gasteiger partial charge on any atom is -0.506 e. The lowest BCUT2D eigenvalue weighted by Crippen LogP contribution is -2.70. The fraction of sp³-hybridized carbons (Fsp3) is 0.593. The standard InChI is InChI=1S/C27H28O10S/c1-12-10-14-18(19(29)17-13(20(14)30-2)4-3-5-15(17)28)21-16(12)22-23-26(35-21,33-8-9-38)25(11-34-25)27(36-22,37-23)24-31-6-7-32-24/h10,22-24,29,38H,3-9,11H2,1-2H3/t22-,23?,25?,26?,27?/m1/s1. The highest BCUT2D eigenvalue weighted by Gasteiger charge is 2.93. The molecule has 4 saturated heterocycles. The molecule has 5 aliphatic heterocycles. The number of ketones is 1. The molecule has 10 nitrogen and oxygen atoms in total. The number of aromatic hydroxyl groups is 1. The summed E-state index contributed by atoms with van der Waals surface area (Å²) in [5, 5.41) is 12.7. The molecule has 1 spiro atoms. The molecule has 2 aromatic rings. The number of aryl methyl sites for hydroxylation is 1. The van der Waals surface area contributed by atoms with Crippen LogP contribution < -0.4 is 9.47 Å². The van der Waals surface area contributed by atoms with Gasteiger partial charge in [0.1, 0.15) is 23.4 Å². The van der Waals surface area contributed by atoms with Gasteiger partial charge in [-0.15, -0.1) is 0 Å². The number of phenols is 1. The molecule has 2 bridgehead atoms. The zero-order chi connectivity index (χ0) is 26.0. The molecule has 8 rings (SSSR count). The van der Waals surface area contributed by atoms with Gasteiger partial charge in [0.2, 0.25) is 11.9 Å². The summed E-state index contributed by atoms with van der Waals surface area (Å²) in [5.74, 6) is -1.66. The van der Waals surface area contributed by atoms with E-state index >= 15 is 0 Å². The molecule has 0 radical (unpaired) electrons. The summed E-state index contributed by atoms with van der Waals surface area (Å²) in [5.41, 5.74) is 1.44. The Kier molecular flexibility index (Phi) is 4.84. The van der Waals surface area contributed by atoms with Crippen LogP contribution in [0.4, 0.5) is 0 Å².